The Bertz CT molecular complexity index is 385. The molecule has 1 aromatic rings. The molecule has 88 valence electrons. The Morgan fingerprint density at radius 3 is 2.62 bits per heavy atom. The number of anilines is 1. The number of H-pyrrole nitrogens is 1. The maximum Gasteiger partial charge on any atom is 0.257 e. The molecule has 16 heavy (non-hydrogen) atoms. The van der Waals surface area contributed by atoms with Gasteiger partial charge in [0.1, 0.15) is 5.56 Å². The number of nitrogens with two attached hydrogens (primary N) is 1. The number of aromatic nitrogens is 2. The van der Waals surface area contributed by atoms with Crippen LogP contribution >= 0.6 is 0 Å². The standard InChI is InChI=1S/C11H18N4O/c1-7-8(9(12)15-14-7)10(16)13-11(2)5-3-4-6-11/h3-6H2,1-2H3,(H,13,16)(H3,12,14,15). The minimum atomic E-state index is -0.117. The topological polar surface area (TPSA) is 83.8 Å². The average molecular weight is 222 g/mol. The molecule has 0 aromatic carbocycles. The van der Waals surface area contributed by atoms with Crippen molar-refractivity contribution >= 4 is 11.7 Å². The first-order valence-electron chi connectivity index (χ1n) is 5.65. The molecule has 0 bridgehead atoms. The van der Waals surface area contributed by atoms with Crippen LogP contribution in [0.4, 0.5) is 5.82 Å². The van der Waals surface area contributed by atoms with Crippen LogP contribution in [0.25, 0.3) is 0 Å². The highest BCUT2D eigenvalue weighted by atomic mass is 16.1. The number of carbonyl (C=O) groups is 1. The summed E-state index contributed by atoms with van der Waals surface area (Å²) in [5.41, 5.74) is 6.78. The highest BCUT2D eigenvalue weighted by Gasteiger charge is 2.31. The van der Waals surface area contributed by atoms with E-state index < -0.39 is 0 Å². The molecule has 1 heterocycles. The Labute approximate surface area is 94.8 Å². The minimum absolute atomic E-state index is 0.0762. The molecule has 1 saturated carbocycles. The lowest BCUT2D eigenvalue weighted by atomic mass is 10.00. The zero-order chi connectivity index (χ0) is 11.8. The zero-order valence-electron chi connectivity index (χ0n) is 9.76. The van der Waals surface area contributed by atoms with Crippen LogP contribution in [-0.2, 0) is 0 Å². The lowest BCUT2D eigenvalue weighted by molar-refractivity contribution is 0.0908. The number of nitrogens with one attached hydrogen (secondary N) is 2. The fourth-order valence-electron chi connectivity index (χ4n) is 2.35. The first-order valence-corrected chi connectivity index (χ1v) is 5.65. The SMILES string of the molecule is Cc1[nH]nc(N)c1C(=O)NC1(C)CCCC1. The monoisotopic (exact) mass is 222 g/mol. The molecular weight excluding hydrogens is 204 g/mol. The van der Waals surface area contributed by atoms with Gasteiger partial charge in [0.25, 0.3) is 5.91 Å². The lowest BCUT2D eigenvalue weighted by Gasteiger charge is -2.25. The summed E-state index contributed by atoms with van der Waals surface area (Å²) in [5, 5.41) is 9.61. The predicted molar refractivity (Wildman–Crippen MR) is 62.1 cm³/mol. The second-order valence-electron chi connectivity index (χ2n) is 4.83. The molecule has 1 aliphatic rings. The maximum absolute atomic E-state index is 12.1. The molecule has 0 spiro atoms. The number of carbonyl (C=O) groups excluding carboxylic acids is 1. The van der Waals surface area contributed by atoms with Gasteiger partial charge in [-0.15, -0.1) is 0 Å². The van der Waals surface area contributed by atoms with E-state index in [2.05, 4.69) is 22.4 Å². The molecule has 5 nitrogen and oxygen atoms in total. The molecule has 2 rings (SSSR count). The first-order chi connectivity index (χ1) is 7.52. The van der Waals surface area contributed by atoms with E-state index in [4.69, 9.17) is 5.73 Å². The Morgan fingerprint density at radius 1 is 1.50 bits per heavy atom. The highest BCUT2D eigenvalue weighted by Crippen LogP contribution is 2.29. The van der Waals surface area contributed by atoms with Gasteiger partial charge in [0.15, 0.2) is 5.82 Å². The van der Waals surface area contributed by atoms with Gasteiger partial charge in [0, 0.05) is 11.2 Å². The molecule has 0 saturated heterocycles. The number of nitrogens with zero attached hydrogens (tertiary/aromatic N) is 1. The first kappa shape index (κ1) is 11.0. The van der Waals surface area contributed by atoms with Crippen LogP contribution in [0.1, 0.15) is 48.7 Å². The van der Waals surface area contributed by atoms with Crippen molar-refractivity contribution in [3.8, 4) is 0 Å². The second-order valence-corrected chi connectivity index (χ2v) is 4.83. The Hall–Kier alpha value is -1.52. The smallest absolute Gasteiger partial charge is 0.257 e. The van der Waals surface area contributed by atoms with Crippen LogP contribution in [0, 0.1) is 6.92 Å². The summed E-state index contributed by atoms with van der Waals surface area (Å²) in [4.78, 5) is 12.1. The van der Waals surface area contributed by atoms with Crippen molar-refractivity contribution in [3.05, 3.63) is 11.3 Å². The number of nitrogen functional groups attached to an aromatic ring is 1. The molecule has 1 amide bonds. The zero-order valence-corrected chi connectivity index (χ0v) is 9.76. The number of aryl methyl sites for hydroxylation is 1. The molecule has 0 radical (unpaired) electrons. The summed E-state index contributed by atoms with van der Waals surface area (Å²) < 4.78 is 0. The van der Waals surface area contributed by atoms with Crippen molar-refractivity contribution in [1.82, 2.24) is 15.5 Å². The van der Waals surface area contributed by atoms with E-state index in [0.717, 1.165) is 18.5 Å². The number of hydrogen-bond acceptors (Lipinski definition) is 3. The molecule has 4 N–H and O–H groups in total. The largest absolute Gasteiger partial charge is 0.382 e. The Kier molecular flexibility index (Phi) is 2.61. The summed E-state index contributed by atoms with van der Waals surface area (Å²) >= 11 is 0. The maximum atomic E-state index is 12.1. The van der Waals surface area contributed by atoms with Gasteiger partial charge in [-0.3, -0.25) is 9.89 Å². The second kappa shape index (κ2) is 3.81. The van der Waals surface area contributed by atoms with E-state index in [1.165, 1.54) is 12.8 Å². The van der Waals surface area contributed by atoms with Crippen LogP contribution in [-0.4, -0.2) is 21.6 Å². The van der Waals surface area contributed by atoms with Gasteiger partial charge in [-0.05, 0) is 26.7 Å². The fraction of sp³-hybridized carbons (Fsp3) is 0.636. The van der Waals surface area contributed by atoms with Crippen LogP contribution in [0.15, 0.2) is 0 Å². The van der Waals surface area contributed by atoms with Gasteiger partial charge in [-0.25, -0.2) is 0 Å². The third-order valence-corrected chi connectivity index (χ3v) is 3.32. The van der Waals surface area contributed by atoms with E-state index in [1.54, 1.807) is 6.92 Å². The third kappa shape index (κ3) is 1.89. The van der Waals surface area contributed by atoms with Crippen molar-refractivity contribution in [1.29, 1.82) is 0 Å². The Morgan fingerprint density at radius 2 is 2.12 bits per heavy atom. The van der Waals surface area contributed by atoms with Gasteiger partial charge in [0.2, 0.25) is 0 Å². The van der Waals surface area contributed by atoms with Crippen LogP contribution in [0.2, 0.25) is 0 Å². The third-order valence-electron chi connectivity index (χ3n) is 3.32. The Balaban J connectivity index is 2.14. The van der Waals surface area contributed by atoms with Crippen LogP contribution < -0.4 is 11.1 Å². The van der Waals surface area contributed by atoms with Crippen LogP contribution in [0.3, 0.4) is 0 Å². The van der Waals surface area contributed by atoms with Gasteiger partial charge in [-0.2, -0.15) is 5.10 Å². The summed E-state index contributed by atoms with van der Waals surface area (Å²) in [5.74, 6) is 0.157. The highest BCUT2D eigenvalue weighted by molar-refractivity contribution is 5.99. The van der Waals surface area contributed by atoms with E-state index in [-0.39, 0.29) is 17.3 Å². The lowest BCUT2D eigenvalue weighted by Crippen LogP contribution is -2.43. The number of amides is 1. The molecule has 1 aliphatic carbocycles. The summed E-state index contributed by atoms with van der Waals surface area (Å²) in [6.07, 6.45) is 4.43. The molecular formula is C11H18N4O. The van der Waals surface area contributed by atoms with Gasteiger partial charge in [-0.1, -0.05) is 12.8 Å². The molecule has 0 aliphatic heterocycles. The van der Waals surface area contributed by atoms with Crippen LogP contribution in [0.5, 0.6) is 0 Å². The number of hydrogen-bond donors (Lipinski definition) is 3. The molecule has 1 aromatic heterocycles. The van der Waals surface area contributed by atoms with E-state index >= 15 is 0 Å². The van der Waals surface area contributed by atoms with E-state index in [1.807, 2.05) is 0 Å². The summed E-state index contributed by atoms with van der Waals surface area (Å²) in [6, 6.07) is 0. The summed E-state index contributed by atoms with van der Waals surface area (Å²) in [7, 11) is 0. The van der Waals surface area contributed by atoms with E-state index in [0.29, 0.717) is 5.56 Å². The van der Waals surface area contributed by atoms with Crippen molar-refractivity contribution in [2.75, 3.05) is 5.73 Å². The molecule has 0 atom stereocenters. The number of aromatic amines is 1. The number of rotatable bonds is 2. The summed E-state index contributed by atoms with van der Waals surface area (Å²) in [6.45, 7) is 3.89. The minimum Gasteiger partial charge on any atom is -0.382 e. The van der Waals surface area contributed by atoms with Crippen molar-refractivity contribution in [2.45, 2.75) is 45.1 Å². The average Bonchev–Trinajstić information content (AvgIpc) is 2.74. The van der Waals surface area contributed by atoms with Crippen molar-refractivity contribution in [3.63, 3.8) is 0 Å². The van der Waals surface area contributed by atoms with Gasteiger partial charge in [0.05, 0.1) is 0 Å². The van der Waals surface area contributed by atoms with Crippen molar-refractivity contribution < 1.29 is 4.79 Å². The molecule has 5 heteroatoms. The normalized spacial score (nSPS) is 18.6. The van der Waals surface area contributed by atoms with Gasteiger partial charge >= 0.3 is 0 Å². The fourth-order valence-corrected chi connectivity index (χ4v) is 2.35. The molecule has 0 unspecified atom stereocenters. The predicted octanol–water partition coefficient (Wildman–Crippen LogP) is 1.36. The van der Waals surface area contributed by atoms with Gasteiger partial charge < -0.3 is 11.1 Å². The van der Waals surface area contributed by atoms with Crippen molar-refractivity contribution in [2.24, 2.45) is 0 Å². The quantitative estimate of drug-likeness (QED) is 0.706. The molecule has 1 fully saturated rings. The van der Waals surface area contributed by atoms with E-state index in [9.17, 15) is 4.79 Å².